The molecule has 0 radical (unpaired) electrons. The van der Waals surface area contributed by atoms with Gasteiger partial charge in [-0.25, -0.2) is 9.79 Å². The van der Waals surface area contributed by atoms with Crippen molar-refractivity contribution in [3.63, 3.8) is 0 Å². The van der Waals surface area contributed by atoms with Gasteiger partial charge in [-0.05, 0) is 56.7 Å². The van der Waals surface area contributed by atoms with Crippen molar-refractivity contribution >= 4 is 41.0 Å². The van der Waals surface area contributed by atoms with E-state index in [0.29, 0.717) is 21.5 Å². The van der Waals surface area contributed by atoms with E-state index in [1.54, 1.807) is 25.1 Å². The Hall–Kier alpha value is -2.50. The largest absolute Gasteiger partial charge is 0.505 e. The number of hydrogen-bond donors (Lipinski definition) is 1. The Balaban J connectivity index is 2.10. The molecule has 0 atom stereocenters. The van der Waals surface area contributed by atoms with Crippen LogP contribution in [-0.2, 0) is 9.53 Å². The van der Waals surface area contributed by atoms with E-state index < -0.39 is 5.97 Å². The Morgan fingerprint density at radius 1 is 1.22 bits per heavy atom. The van der Waals surface area contributed by atoms with Gasteiger partial charge in [0.15, 0.2) is 5.76 Å². The van der Waals surface area contributed by atoms with Gasteiger partial charge in [-0.1, -0.05) is 23.2 Å². The Morgan fingerprint density at radius 2 is 1.93 bits per heavy atom. The highest BCUT2D eigenvalue weighted by molar-refractivity contribution is 6.35. The first-order chi connectivity index (χ1) is 12.7. The molecular formula is C20H18Cl2N2O3. The number of rotatable bonds is 3. The van der Waals surface area contributed by atoms with Crippen LogP contribution in [0.4, 0.5) is 0 Å². The normalized spacial score (nSPS) is 15.5. The third-order valence-electron chi connectivity index (χ3n) is 4.43. The van der Waals surface area contributed by atoms with Crippen LogP contribution in [0.3, 0.4) is 0 Å². The standard InChI is InChI=1S/C20H18Cl2N2O3/c1-10-7-13(8-16-19(25)18(11(2)23-16)20(26)27-4)12(3)24(10)17-6-5-14(21)9-15(17)22/h5-9,25H,1-4H3. The topological polar surface area (TPSA) is 63.8 Å². The van der Waals surface area contributed by atoms with Crippen LogP contribution in [0.1, 0.15) is 23.9 Å². The van der Waals surface area contributed by atoms with Crippen molar-refractivity contribution in [2.45, 2.75) is 20.8 Å². The number of aliphatic imine (C=N–C) groups is 1. The first-order valence-electron chi connectivity index (χ1n) is 8.18. The van der Waals surface area contributed by atoms with Crippen LogP contribution in [0, 0.1) is 13.8 Å². The summed E-state index contributed by atoms with van der Waals surface area (Å²) < 4.78 is 6.71. The monoisotopic (exact) mass is 404 g/mol. The zero-order valence-corrected chi connectivity index (χ0v) is 16.8. The Bertz CT molecular complexity index is 1050. The maximum atomic E-state index is 11.8. The predicted octanol–water partition coefficient (Wildman–Crippen LogP) is 5.20. The number of aromatic nitrogens is 1. The molecule has 0 saturated carbocycles. The van der Waals surface area contributed by atoms with Crippen LogP contribution >= 0.6 is 23.2 Å². The number of aliphatic hydroxyl groups is 1. The molecule has 1 aromatic heterocycles. The molecule has 140 valence electrons. The van der Waals surface area contributed by atoms with Crippen LogP contribution in [0.5, 0.6) is 0 Å². The van der Waals surface area contributed by atoms with E-state index in [9.17, 15) is 9.90 Å². The molecule has 1 aromatic carbocycles. The summed E-state index contributed by atoms with van der Waals surface area (Å²) in [5.41, 5.74) is 4.34. The third kappa shape index (κ3) is 3.40. The van der Waals surface area contributed by atoms with Crippen LogP contribution in [-0.4, -0.2) is 28.5 Å². The maximum Gasteiger partial charge on any atom is 0.343 e. The van der Waals surface area contributed by atoms with Crippen molar-refractivity contribution in [3.8, 4) is 5.69 Å². The van der Waals surface area contributed by atoms with E-state index in [1.165, 1.54) is 7.11 Å². The molecule has 1 N–H and O–H groups in total. The predicted molar refractivity (Wildman–Crippen MR) is 108 cm³/mol. The van der Waals surface area contributed by atoms with E-state index >= 15 is 0 Å². The average molecular weight is 405 g/mol. The van der Waals surface area contributed by atoms with Gasteiger partial charge in [0, 0.05) is 16.4 Å². The van der Waals surface area contributed by atoms with Gasteiger partial charge >= 0.3 is 5.97 Å². The SMILES string of the molecule is COC(=O)C1=C(O)C(=Cc2cc(C)n(-c3ccc(Cl)cc3Cl)c2C)N=C1C. The highest BCUT2D eigenvalue weighted by Crippen LogP contribution is 2.31. The lowest BCUT2D eigenvalue weighted by Crippen LogP contribution is -2.11. The van der Waals surface area contributed by atoms with Crippen molar-refractivity contribution in [1.29, 1.82) is 0 Å². The van der Waals surface area contributed by atoms with Gasteiger partial charge in [-0.2, -0.15) is 0 Å². The minimum Gasteiger partial charge on any atom is -0.505 e. The Labute approximate surface area is 167 Å². The van der Waals surface area contributed by atoms with E-state index in [2.05, 4.69) is 4.99 Å². The van der Waals surface area contributed by atoms with Gasteiger partial charge in [-0.15, -0.1) is 0 Å². The second kappa shape index (κ2) is 7.25. The molecule has 2 aromatic rings. The lowest BCUT2D eigenvalue weighted by atomic mass is 10.1. The molecule has 7 heteroatoms. The van der Waals surface area contributed by atoms with Crippen molar-refractivity contribution in [3.05, 3.63) is 68.3 Å². The molecule has 0 spiro atoms. The molecule has 0 unspecified atom stereocenters. The second-order valence-electron chi connectivity index (χ2n) is 6.20. The first-order valence-corrected chi connectivity index (χ1v) is 8.93. The summed E-state index contributed by atoms with van der Waals surface area (Å²) in [6.07, 6.45) is 1.73. The summed E-state index contributed by atoms with van der Waals surface area (Å²) in [5.74, 6) is -0.802. The quantitative estimate of drug-likeness (QED) is 0.714. The van der Waals surface area contributed by atoms with E-state index in [-0.39, 0.29) is 11.3 Å². The van der Waals surface area contributed by atoms with Crippen molar-refractivity contribution < 1.29 is 14.6 Å². The molecule has 0 bridgehead atoms. The van der Waals surface area contributed by atoms with Gasteiger partial charge in [0.1, 0.15) is 11.3 Å². The maximum absolute atomic E-state index is 11.8. The zero-order valence-electron chi connectivity index (χ0n) is 15.3. The number of esters is 1. The van der Waals surface area contributed by atoms with E-state index in [1.807, 2.05) is 30.5 Å². The molecule has 0 fully saturated rings. The van der Waals surface area contributed by atoms with Gasteiger partial charge in [0.25, 0.3) is 0 Å². The fourth-order valence-corrected chi connectivity index (χ4v) is 3.64. The molecular weight excluding hydrogens is 387 g/mol. The number of nitrogens with zero attached hydrogens (tertiary/aromatic N) is 2. The third-order valence-corrected chi connectivity index (χ3v) is 4.97. The van der Waals surface area contributed by atoms with Crippen LogP contribution in [0.2, 0.25) is 10.0 Å². The summed E-state index contributed by atoms with van der Waals surface area (Å²) in [5, 5.41) is 11.5. The molecule has 2 heterocycles. The summed E-state index contributed by atoms with van der Waals surface area (Å²) >= 11 is 12.4. The number of carbonyl (C=O) groups is 1. The number of halogens is 2. The molecule has 1 aliphatic rings. The van der Waals surface area contributed by atoms with Crippen molar-refractivity contribution in [1.82, 2.24) is 4.57 Å². The van der Waals surface area contributed by atoms with Crippen LogP contribution < -0.4 is 0 Å². The number of carbonyl (C=O) groups excluding carboxylic acids is 1. The Kier molecular flexibility index (Phi) is 5.18. The smallest absolute Gasteiger partial charge is 0.343 e. The number of methoxy groups -OCH3 is 1. The summed E-state index contributed by atoms with van der Waals surface area (Å²) in [7, 11) is 1.26. The number of aliphatic hydroxyl groups excluding tert-OH is 1. The van der Waals surface area contributed by atoms with Gasteiger partial charge in [0.05, 0.1) is 23.5 Å². The lowest BCUT2D eigenvalue weighted by molar-refractivity contribution is -0.135. The summed E-state index contributed by atoms with van der Waals surface area (Å²) in [6.45, 7) is 5.55. The van der Waals surface area contributed by atoms with Gasteiger partial charge in [-0.3, -0.25) is 0 Å². The molecule has 0 aliphatic carbocycles. The Morgan fingerprint density at radius 3 is 2.56 bits per heavy atom. The molecule has 1 aliphatic heterocycles. The number of benzene rings is 1. The molecule has 0 amide bonds. The minimum absolute atomic E-state index is 0.0818. The number of hydrogen-bond acceptors (Lipinski definition) is 4. The van der Waals surface area contributed by atoms with E-state index in [0.717, 1.165) is 22.6 Å². The molecule has 3 rings (SSSR count). The summed E-state index contributed by atoms with van der Waals surface area (Å²) in [4.78, 5) is 16.1. The molecule has 5 nitrogen and oxygen atoms in total. The van der Waals surface area contributed by atoms with Gasteiger partial charge in [0.2, 0.25) is 0 Å². The average Bonchev–Trinajstić information content (AvgIpc) is 3.04. The highest BCUT2D eigenvalue weighted by Gasteiger charge is 2.27. The fraction of sp³-hybridized carbons (Fsp3) is 0.200. The molecule has 27 heavy (non-hydrogen) atoms. The van der Waals surface area contributed by atoms with Crippen molar-refractivity contribution in [2.75, 3.05) is 7.11 Å². The second-order valence-corrected chi connectivity index (χ2v) is 7.04. The highest BCUT2D eigenvalue weighted by atomic mass is 35.5. The lowest BCUT2D eigenvalue weighted by Gasteiger charge is -2.12. The summed E-state index contributed by atoms with van der Waals surface area (Å²) in [6, 6.07) is 7.28. The van der Waals surface area contributed by atoms with Crippen molar-refractivity contribution in [2.24, 2.45) is 4.99 Å². The number of ether oxygens (including phenoxy) is 1. The van der Waals surface area contributed by atoms with E-state index in [4.69, 9.17) is 27.9 Å². The fourth-order valence-electron chi connectivity index (χ4n) is 3.15. The molecule has 0 saturated heterocycles. The van der Waals surface area contributed by atoms with Gasteiger partial charge < -0.3 is 14.4 Å². The zero-order chi connectivity index (χ0) is 19.9. The van der Waals surface area contributed by atoms with Crippen LogP contribution in [0.15, 0.2) is 46.3 Å². The first kappa shape index (κ1) is 19.3. The number of aryl methyl sites for hydroxylation is 1. The minimum atomic E-state index is -0.615. The van der Waals surface area contributed by atoms with Crippen LogP contribution in [0.25, 0.3) is 11.8 Å².